The molecule has 2 nitrogen and oxygen atoms in total. The Morgan fingerprint density at radius 1 is 1.24 bits per heavy atom. The van der Waals surface area contributed by atoms with E-state index in [1.807, 2.05) is 18.2 Å². The summed E-state index contributed by atoms with van der Waals surface area (Å²) in [5.41, 5.74) is 7.55. The molecule has 0 fully saturated rings. The number of rotatable bonds is 5. The molecule has 1 unspecified atom stereocenters. The average Bonchev–Trinajstić information content (AvgIpc) is 2.45. The molecular formula is C17H19ClFNO. The molecule has 0 spiro atoms. The lowest BCUT2D eigenvalue weighted by Crippen LogP contribution is -2.21. The summed E-state index contributed by atoms with van der Waals surface area (Å²) in [7, 11) is 0. The van der Waals surface area contributed by atoms with Gasteiger partial charge in [0.05, 0.1) is 5.02 Å². The summed E-state index contributed by atoms with van der Waals surface area (Å²) < 4.78 is 18.9. The van der Waals surface area contributed by atoms with E-state index in [0.29, 0.717) is 22.1 Å². The molecular weight excluding hydrogens is 289 g/mol. The molecule has 2 aromatic carbocycles. The zero-order chi connectivity index (χ0) is 15.4. The fourth-order valence-corrected chi connectivity index (χ4v) is 2.25. The first kappa shape index (κ1) is 15.8. The second-order valence-corrected chi connectivity index (χ2v) is 5.56. The Morgan fingerprint density at radius 2 is 2.00 bits per heavy atom. The Balaban J connectivity index is 2.15. The third-order valence-electron chi connectivity index (χ3n) is 3.38. The molecule has 1 atom stereocenters. The van der Waals surface area contributed by atoms with Crippen LogP contribution in [0.5, 0.6) is 11.5 Å². The molecule has 2 rings (SSSR count). The van der Waals surface area contributed by atoms with E-state index >= 15 is 0 Å². The average molecular weight is 308 g/mol. The van der Waals surface area contributed by atoms with E-state index in [9.17, 15) is 4.39 Å². The summed E-state index contributed by atoms with van der Waals surface area (Å²) in [6, 6.07) is 10.4. The Bertz CT molecular complexity index is 630. The van der Waals surface area contributed by atoms with Gasteiger partial charge >= 0.3 is 0 Å². The van der Waals surface area contributed by atoms with Crippen LogP contribution in [0, 0.1) is 12.7 Å². The van der Waals surface area contributed by atoms with Crippen molar-refractivity contribution < 1.29 is 9.13 Å². The van der Waals surface area contributed by atoms with E-state index in [1.54, 1.807) is 19.1 Å². The van der Waals surface area contributed by atoms with Gasteiger partial charge in [0.1, 0.15) is 17.3 Å². The highest BCUT2D eigenvalue weighted by Gasteiger charge is 2.08. The largest absolute Gasteiger partial charge is 0.456 e. The number of ether oxygens (including phenoxy) is 1. The zero-order valence-electron chi connectivity index (χ0n) is 12.2. The normalized spacial score (nSPS) is 12.2. The molecule has 0 radical (unpaired) electrons. The van der Waals surface area contributed by atoms with Gasteiger partial charge in [-0.25, -0.2) is 4.39 Å². The van der Waals surface area contributed by atoms with Gasteiger partial charge in [0.15, 0.2) is 0 Å². The van der Waals surface area contributed by atoms with Gasteiger partial charge in [-0.2, -0.15) is 0 Å². The highest BCUT2D eigenvalue weighted by Crippen LogP contribution is 2.31. The number of benzene rings is 2. The molecule has 4 heteroatoms. The van der Waals surface area contributed by atoms with Crippen LogP contribution in [-0.4, -0.2) is 6.04 Å². The number of aryl methyl sites for hydroxylation is 1. The summed E-state index contributed by atoms with van der Waals surface area (Å²) in [5.74, 6) is 0.864. The molecule has 2 N–H and O–H groups in total. The van der Waals surface area contributed by atoms with Gasteiger partial charge in [-0.3, -0.25) is 0 Å². The maximum atomic E-state index is 13.2. The predicted octanol–water partition coefficient (Wildman–Crippen LogP) is 4.86. The molecule has 0 saturated carbocycles. The fourth-order valence-electron chi connectivity index (χ4n) is 2.01. The molecule has 0 heterocycles. The van der Waals surface area contributed by atoms with E-state index in [4.69, 9.17) is 22.1 Å². The molecule has 112 valence electrons. The molecule has 2 aromatic rings. The molecule has 0 aromatic heterocycles. The van der Waals surface area contributed by atoms with Gasteiger partial charge in [0, 0.05) is 6.04 Å². The van der Waals surface area contributed by atoms with Crippen molar-refractivity contribution >= 4 is 11.6 Å². The standard InChI is InChI=1S/C17H19ClFNO/c1-3-13(20)9-12-4-7-17(15(18)10-12)21-14-5-6-16(19)11(2)8-14/h4-8,10,13H,3,9,20H2,1-2H3. The topological polar surface area (TPSA) is 35.2 Å². The minimum atomic E-state index is -0.252. The lowest BCUT2D eigenvalue weighted by molar-refractivity contribution is 0.479. The van der Waals surface area contributed by atoms with Crippen molar-refractivity contribution in [1.82, 2.24) is 0 Å². The molecule has 21 heavy (non-hydrogen) atoms. The molecule has 0 amide bonds. The highest BCUT2D eigenvalue weighted by atomic mass is 35.5. The highest BCUT2D eigenvalue weighted by molar-refractivity contribution is 6.32. The number of hydrogen-bond acceptors (Lipinski definition) is 2. The maximum Gasteiger partial charge on any atom is 0.146 e. The van der Waals surface area contributed by atoms with Crippen molar-refractivity contribution in [2.45, 2.75) is 32.7 Å². The minimum Gasteiger partial charge on any atom is -0.456 e. The monoisotopic (exact) mass is 307 g/mol. The zero-order valence-corrected chi connectivity index (χ0v) is 13.0. The van der Waals surface area contributed by atoms with Crippen molar-refractivity contribution in [3.8, 4) is 11.5 Å². The fraction of sp³-hybridized carbons (Fsp3) is 0.294. The molecule has 0 aliphatic heterocycles. The van der Waals surface area contributed by atoms with Crippen LogP contribution in [0.1, 0.15) is 24.5 Å². The molecule has 0 aliphatic carbocycles. The predicted molar refractivity (Wildman–Crippen MR) is 84.6 cm³/mol. The number of hydrogen-bond donors (Lipinski definition) is 1. The Labute approximate surface area is 129 Å². The van der Waals surface area contributed by atoms with Crippen LogP contribution in [0.2, 0.25) is 5.02 Å². The Morgan fingerprint density at radius 3 is 2.62 bits per heavy atom. The third-order valence-corrected chi connectivity index (χ3v) is 3.67. The Hall–Kier alpha value is -1.58. The summed E-state index contributed by atoms with van der Waals surface area (Å²) in [6.45, 7) is 3.75. The van der Waals surface area contributed by atoms with E-state index < -0.39 is 0 Å². The summed E-state index contributed by atoms with van der Waals surface area (Å²) in [5, 5.41) is 0.526. The number of halogens is 2. The first-order chi connectivity index (χ1) is 9.99. The van der Waals surface area contributed by atoms with Gasteiger partial charge in [-0.1, -0.05) is 24.6 Å². The van der Waals surface area contributed by atoms with Gasteiger partial charge in [0.2, 0.25) is 0 Å². The lowest BCUT2D eigenvalue weighted by atomic mass is 10.0. The van der Waals surface area contributed by atoms with Crippen LogP contribution in [0.3, 0.4) is 0 Å². The Kier molecular flexibility index (Phi) is 5.21. The van der Waals surface area contributed by atoms with Crippen molar-refractivity contribution in [3.05, 3.63) is 58.4 Å². The van der Waals surface area contributed by atoms with E-state index in [-0.39, 0.29) is 11.9 Å². The van der Waals surface area contributed by atoms with Crippen LogP contribution in [-0.2, 0) is 6.42 Å². The van der Waals surface area contributed by atoms with E-state index in [1.165, 1.54) is 6.07 Å². The first-order valence-corrected chi connectivity index (χ1v) is 7.35. The van der Waals surface area contributed by atoms with Crippen molar-refractivity contribution in [2.75, 3.05) is 0 Å². The van der Waals surface area contributed by atoms with E-state index in [2.05, 4.69) is 6.92 Å². The smallest absolute Gasteiger partial charge is 0.146 e. The van der Waals surface area contributed by atoms with Gasteiger partial charge in [0.25, 0.3) is 0 Å². The van der Waals surface area contributed by atoms with Crippen LogP contribution in [0.25, 0.3) is 0 Å². The lowest BCUT2D eigenvalue weighted by Gasteiger charge is -2.12. The molecule has 0 bridgehead atoms. The number of nitrogens with two attached hydrogens (primary N) is 1. The van der Waals surface area contributed by atoms with Crippen LogP contribution in [0.15, 0.2) is 36.4 Å². The van der Waals surface area contributed by atoms with Crippen LogP contribution >= 0.6 is 11.6 Å². The van der Waals surface area contributed by atoms with Gasteiger partial charge < -0.3 is 10.5 Å². The summed E-state index contributed by atoms with van der Waals surface area (Å²) in [4.78, 5) is 0. The summed E-state index contributed by atoms with van der Waals surface area (Å²) >= 11 is 6.24. The van der Waals surface area contributed by atoms with Gasteiger partial charge in [-0.05, 0) is 61.2 Å². The third kappa shape index (κ3) is 4.19. The van der Waals surface area contributed by atoms with Gasteiger partial charge in [-0.15, -0.1) is 0 Å². The van der Waals surface area contributed by atoms with Crippen molar-refractivity contribution in [2.24, 2.45) is 5.73 Å². The van der Waals surface area contributed by atoms with Crippen molar-refractivity contribution in [3.63, 3.8) is 0 Å². The van der Waals surface area contributed by atoms with Crippen LogP contribution in [0.4, 0.5) is 4.39 Å². The molecule has 0 aliphatic rings. The maximum absolute atomic E-state index is 13.2. The van der Waals surface area contributed by atoms with Crippen LogP contribution < -0.4 is 10.5 Å². The quantitative estimate of drug-likeness (QED) is 0.856. The van der Waals surface area contributed by atoms with E-state index in [0.717, 1.165) is 18.4 Å². The van der Waals surface area contributed by atoms with Crippen molar-refractivity contribution in [1.29, 1.82) is 0 Å². The SMILES string of the molecule is CCC(N)Cc1ccc(Oc2ccc(F)c(C)c2)c(Cl)c1. The minimum absolute atomic E-state index is 0.132. The molecule has 0 saturated heterocycles. The first-order valence-electron chi connectivity index (χ1n) is 6.97. The summed E-state index contributed by atoms with van der Waals surface area (Å²) in [6.07, 6.45) is 1.71. The second-order valence-electron chi connectivity index (χ2n) is 5.15. The second kappa shape index (κ2) is 6.92.